The molecular formula is C17H28ClN3O6. The average Bonchev–Trinajstić information content (AvgIpc) is 3.06. The number of carboxylic acid groups (broad SMARTS) is 1. The smallest absolute Gasteiger partial charge is 0.300 e. The number of ketones is 2. The summed E-state index contributed by atoms with van der Waals surface area (Å²) in [6, 6.07) is -2.29. The summed E-state index contributed by atoms with van der Waals surface area (Å²) in [7, 11) is 0. The van der Waals surface area contributed by atoms with E-state index in [9.17, 15) is 19.2 Å². The number of Topliss-reactive ketones (excluding diaryl/α,β-unsaturated/α-hetero) is 2. The van der Waals surface area contributed by atoms with Gasteiger partial charge in [0.15, 0.2) is 0 Å². The summed E-state index contributed by atoms with van der Waals surface area (Å²) < 4.78 is 0. The van der Waals surface area contributed by atoms with Crippen molar-refractivity contribution in [2.45, 2.75) is 58.7 Å². The van der Waals surface area contributed by atoms with Crippen LogP contribution in [0.5, 0.6) is 0 Å². The van der Waals surface area contributed by atoms with Crippen molar-refractivity contribution in [2.24, 2.45) is 11.7 Å². The van der Waals surface area contributed by atoms with Gasteiger partial charge >= 0.3 is 0 Å². The minimum Gasteiger partial charge on any atom is -0.481 e. The van der Waals surface area contributed by atoms with E-state index in [2.05, 4.69) is 5.32 Å². The minimum absolute atomic E-state index is 0.266. The Balaban J connectivity index is 0.00000153. The summed E-state index contributed by atoms with van der Waals surface area (Å²) >= 11 is 5.41. The number of nitrogens with one attached hydrogen (secondary N) is 1. The Bertz CT molecular complexity index is 575. The molecular weight excluding hydrogens is 378 g/mol. The van der Waals surface area contributed by atoms with Crippen molar-refractivity contribution in [3.63, 3.8) is 0 Å². The van der Waals surface area contributed by atoms with E-state index in [1.165, 1.54) is 4.90 Å². The summed E-state index contributed by atoms with van der Waals surface area (Å²) in [5.74, 6) is -3.71. The predicted octanol–water partition coefficient (Wildman–Crippen LogP) is -0.0667. The first-order valence-electron chi connectivity index (χ1n) is 8.62. The third kappa shape index (κ3) is 8.04. The van der Waals surface area contributed by atoms with Gasteiger partial charge in [-0.3, -0.25) is 24.0 Å². The summed E-state index contributed by atoms with van der Waals surface area (Å²) in [6.07, 6.45) is 1.20. The largest absolute Gasteiger partial charge is 0.481 e. The van der Waals surface area contributed by atoms with Gasteiger partial charge in [0.25, 0.3) is 5.97 Å². The zero-order chi connectivity index (χ0) is 21.3. The maximum absolute atomic E-state index is 12.5. The molecule has 1 heterocycles. The predicted molar refractivity (Wildman–Crippen MR) is 99.2 cm³/mol. The number of rotatable bonds is 7. The zero-order valence-electron chi connectivity index (χ0n) is 16.0. The number of hydrogen-bond donors (Lipinski definition) is 3. The normalized spacial score (nSPS) is 18.2. The Morgan fingerprint density at radius 3 is 2.15 bits per heavy atom. The molecule has 27 heavy (non-hydrogen) atoms. The van der Waals surface area contributed by atoms with Crippen molar-refractivity contribution in [1.82, 2.24) is 10.2 Å². The molecule has 0 aromatic heterocycles. The fourth-order valence-corrected chi connectivity index (χ4v) is 2.72. The first-order chi connectivity index (χ1) is 12.4. The molecule has 1 aliphatic rings. The number of carbonyl (C=O) groups excluding carboxylic acids is 4. The van der Waals surface area contributed by atoms with E-state index in [1.54, 1.807) is 20.8 Å². The fraction of sp³-hybridized carbons (Fsp3) is 0.706. The van der Waals surface area contributed by atoms with E-state index in [0.717, 1.165) is 6.92 Å². The van der Waals surface area contributed by atoms with Gasteiger partial charge in [-0.15, -0.1) is 11.6 Å². The Morgan fingerprint density at radius 2 is 1.74 bits per heavy atom. The third-order valence-electron chi connectivity index (χ3n) is 3.87. The third-order valence-corrected chi connectivity index (χ3v) is 4.11. The quantitative estimate of drug-likeness (QED) is 0.396. The van der Waals surface area contributed by atoms with Gasteiger partial charge < -0.3 is 21.1 Å². The molecule has 1 rings (SSSR count). The fourth-order valence-electron chi connectivity index (χ4n) is 2.59. The highest BCUT2D eigenvalue weighted by molar-refractivity contribution is 6.48. The molecule has 0 radical (unpaired) electrons. The molecule has 9 nitrogen and oxygen atoms in total. The van der Waals surface area contributed by atoms with Crippen LogP contribution >= 0.6 is 11.6 Å². The number of alkyl halides is 1. The van der Waals surface area contributed by atoms with Crippen molar-refractivity contribution in [3.05, 3.63) is 0 Å². The van der Waals surface area contributed by atoms with Gasteiger partial charge in [-0.1, -0.05) is 13.8 Å². The van der Waals surface area contributed by atoms with Gasteiger partial charge in [-0.25, -0.2) is 0 Å². The number of nitrogens with two attached hydrogens (primary N) is 1. The highest BCUT2D eigenvalue weighted by Crippen LogP contribution is 2.19. The van der Waals surface area contributed by atoms with Crippen LogP contribution in [0.4, 0.5) is 0 Å². The molecule has 1 saturated heterocycles. The lowest BCUT2D eigenvalue weighted by molar-refractivity contribution is -0.141. The Labute approximate surface area is 163 Å². The highest BCUT2D eigenvalue weighted by Gasteiger charge is 2.37. The number of nitrogens with zero attached hydrogens (tertiary/aromatic N) is 1. The molecule has 0 aromatic carbocycles. The van der Waals surface area contributed by atoms with Crippen LogP contribution in [0.2, 0.25) is 0 Å². The van der Waals surface area contributed by atoms with Crippen LogP contribution in [0.1, 0.15) is 40.5 Å². The van der Waals surface area contributed by atoms with Gasteiger partial charge in [0, 0.05) is 13.5 Å². The first kappa shape index (κ1) is 25.0. The number of halogens is 1. The van der Waals surface area contributed by atoms with Crippen LogP contribution < -0.4 is 11.1 Å². The lowest BCUT2D eigenvalue weighted by Gasteiger charge is -2.28. The zero-order valence-corrected chi connectivity index (χ0v) is 16.8. The van der Waals surface area contributed by atoms with Crippen molar-refractivity contribution >= 4 is 41.0 Å². The summed E-state index contributed by atoms with van der Waals surface area (Å²) in [5, 5.41) is 10.0. The van der Waals surface area contributed by atoms with E-state index in [-0.39, 0.29) is 11.8 Å². The van der Waals surface area contributed by atoms with Gasteiger partial charge in [0.05, 0.1) is 18.0 Å². The summed E-state index contributed by atoms with van der Waals surface area (Å²) in [6.45, 7) is 6.56. The molecule has 0 saturated carbocycles. The van der Waals surface area contributed by atoms with Gasteiger partial charge in [-0.2, -0.15) is 0 Å². The molecule has 1 aliphatic heterocycles. The average molecular weight is 406 g/mol. The number of carbonyl (C=O) groups is 5. The summed E-state index contributed by atoms with van der Waals surface area (Å²) in [5.41, 5.74) is 5.60. The molecule has 0 aromatic rings. The summed E-state index contributed by atoms with van der Waals surface area (Å²) in [4.78, 5) is 58.5. The number of likely N-dealkylation sites (tertiary alicyclic amines) is 1. The Kier molecular flexibility index (Phi) is 10.8. The van der Waals surface area contributed by atoms with Gasteiger partial charge in [0.1, 0.15) is 6.04 Å². The number of hydrogen-bond acceptors (Lipinski definition) is 6. The number of aliphatic carboxylic acids is 1. The highest BCUT2D eigenvalue weighted by atomic mass is 35.5. The monoisotopic (exact) mass is 405 g/mol. The Hall–Kier alpha value is -2.00. The van der Waals surface area contributed by atoms with Gasteiger partial charge in [-0.05, 0) is 25.7 Å². The van der Waals surface area contributed by atoms with E-state index >= 15 is 0 Å². The minimum atomic E-state index is -0.943. The molecule has 3 atom stereocenters. The van der Waals surface area contributed by atoms with Gasteiger partial charge in [0.2, 0.25) is 23.4 Å². The molecule has 0 bridgehead atoms. The molecule has 2 amide bonds. The number of amides is 2. The van der Waals surface area contributed by atoms with Crippen molar-refractivity contribution in [2.75, 3.05) is 12.4 Å². The lowest BCUT2D eigenvalue weighted by atomic mass is 9.97. The second-order valence-corrected chi connectivity index (χ2v) is 6.92. The second kappa shape index (κ2) is 11.7. The van der Waals surface area contributed by atoms with Crippen LogP contribution in [0.15, 0.2) is 0 Å². The molecule has 4 N–H and O–H groups in total. The molecule has 1 fully saturated rings. The van der Waals surface area contributed by atoms with E-state index in [1.807, 2.05) is 0 Å². The molecule has 0 spiro atoms. The molecule has 10 heteroatoms. The van der Waals surface area contributed by atoms with Crippen molar-refractivity contribution in [3.8, 4) is 0 Å². The number of carboxylic acids is 1. The van der Waals surface area contributed by atoms with E-state index in [0.29, 0.717) is 19.4 Å². The molecule has 0 aliphatic carbocycles. The van der Waals surface area contributed by atoms with Crippen molar-refractivity contribution in [1.29, 1.82) is 0 Å². The maximum atomic E-state index is 12.5. The molecule has 154 valence electrons. The Morgan fingerprint density at radius 1 is 1.22 bits per heavy atom. The standard InChI is InChI=1S/C15H24ClN3O4.C2H4O2/c1-8(2)12(13(21)11(20)7-16)18-14(22)10-5-4-6-19(10)15(23)9(3)17;1-2(3)4/h8-10,12H,4-7,17H2,1-3H3,(H,18,22);1H3,(H,3,4)/t9-,10-,12-;/m0./s1. The topological polar surface area (TPSA) is 147 Å². The van der Waals surface area contributed by atoms with Crippen LogP contribution in [-0.2, 0) is 24.0 Å². The SMILES string of the molecule is CC(=O)O.CC(C)[C@H](NC(=O)[C@@H]1CCCN1C(=O)[C@H](C)N)C(=O)C(=O)CCl. The molecule has 0 unspecified atom stereocenters. The second-order valence-electron chi connectivity index (χ2n) is 6.65. The first-order valence-corrected chi connectivity index (χ1v) is 9.16. The van der Waals surface area contributed by atoms with E-state index in [4.69, 9.17) is 27.2 Å². The lowest BCUT2D eigenvalue weighted by Crippen LogP contribution is -2.55. The van der Waals surface area contributed by atoms with Crippen LogP contribution in [0.3, 0.4) is 0 Å². The van der Waals surface area contributed by atoms with Crippen LogP contribution in [0, 0.1) is 5.92 Å². The van der Waals surface area contributed by atoms with Crippen molar-refractivity contribution < 1.29 is 29.1 Å². The maximum Gasteiger partial charge on any atom is 0.300 e. The van der Waals surface area contributed by atoms with Crippen LogP contribution in [-0.4, -0.2) is 69.9 Å². The van der Waals surface area contributed by atoms with E-state index < -0.39 is 47.4 Å². The van der Waals surface area contributed by atoms with Crippen LogP contribution in [0.25, 0.3) is 0 Å².